The van der Waals surface area contributed by atoms with Crippen LogP contribution in [0.3, 0.4) is 0 Å². The zero-order chi connectivity index (χ0) is 9.84. The van der Waals surface area contributed by atoms with E-state index < -0.39 is 0 Å². The molecule has 2 N–H and O–H groups in total. The molecule has 0 unspecified atom stereocenters. The molecule has 1 rings (SSSR count). The summed E-state index contributed by atoms with van der Waals surface area (Å²) in [5.41, 5.74) is 7.10. The molecule has 0 spiro atoms. The average molecular weight is 243 g/mol. The molecule has 0 amide bonds. The maximum atomic E-state index is 6.00. The summed E-state index contributed by atoms with van der Waals surface area (Å²) in [7, 11) is 0. The Kier molecular flexibility index (Phi) is 3.88. The van der Waals surface area contributed by atoms with Crippen LogP contribution >= 0.6 is 15.9 Å². The van der Waals surface area contributed by atoms with E-state index in [1.165, 1.54) is 0 Å². The van der Waals surface area contributed by atoms with Crippen molar-refractivity contribution in [3.05, 3.63) is 28.5 Å². The van der Waals surface area contributed by atoms with Gasteiger partial charge in [-0.2, -0.15) is 0 Å². The van der Waals surface area contributed by atoms with E-state index in [1.54, 1.807) is 6.20 Å². The molecule has 0 fully saturated rings. The van der Waals surface area contributed by atoms with E-state index in [-0.39, 0.29) is 6.04 Å². The van der Waals surface area contributed by atoms with Crippen LogP contribution in [0.2, 0.25) is 0 Å². The number of nitrogens with zero attached hydrogens (tertiary/aromatic N) is 1. The van der Waals surface area contributed by atoms with Gasteiger partial charge in [-0.15, -0.1) is 0 Å². The lowest BCUT2D eigenvalue weighted by molar-refractivity contribution is 0.509. The first-order chi connectivity index (χ1) is 6.09. The van der Waals surface area contributed by atoms with Crippen molar-refractivity contribution >= 4 is 15.9 Å². The van der Waals surface area contributed by atoms with Crippen LogP contribution in [0.5, 0.6) is 0 Å². The van der Waals surface area contributed by atoms with E-state index in [2.05, 4.69) is 34.8 Å². The second-order valence-corrected chi connectivity index (χ2v) is 4.59. The van der Waals surface area contributed by atoms with Crippen LogP contribution < -0.4 is 5.73 Å². The topological polar surface area (TPSA) is 38.9 Å². The van der Waals surface area contributed by atoms with Crippen LogP contribution in [0.15, 0.2) is 22.9 Å². The van der Waals surface area contributed by atoms with Crippen LogP contribution in [-0.2, 0) is 0 Å². The van der Waals surface area contributed by atoms with Crippen LogP contribution in [0.1, 0.15) is 31.9 Å². The van der Waals surface area contributed by atoms with E-state index in [4.69, 9.17) is 5.73 Å². The van der Waals surface area contributed by atoms with Crippen LogP contribution in [0.25, 0.3) is 0 Å². The first kappa shape index (κ1) is 10.7. The van der Waals surface area contributed by atoms with Crippen molar-refractivity contribution in [3.63, 3.8) is 0 Å². The maximum Gasteiger partial charge on any atom is 0.0410 e. The Balaban J connectivity index is 2.71. The van der Waals surface area contributed by atoms with Gasteiger partial charge in [-0.25, -0.2) is 0 Å². The van der Waals surface area contributed by atoms with Gasteiger partial charge >= 0.3 is 0 Å². The number of nitrogens with two attached hydrogens (primary N) is 1. The van der Waals surface area contributed by atoms with Crippen molar-refractivity contribution in [2.75, 3.05) is 0 Å². The predicted molar refractivity (Wildman–Crippen MR) is 58.3 cm³/mol. The highest BCUT2D eigenvalue weighted by Gasteiger charge is 2.08. The Hall–Kier alpha value is -0.410. The van der Waals surface area contributed by atoms with E-state index >= 15 is 0 Å². The van der Waals surface area contributed by atoms with E-state index in [9.17, 15) is 0 Å². The smallest absolute Gasteiger partial charge is 0.0410 e. The summed E-state index contributed by atoms with van der Waals surface area (Å²) >= 11 is 3.38. The Morgan fingerprint density at radius 3 is 2.69 bits per heavy atom. The van der Waals surface area contributed by atoms with Crippen molar-refractivity contribution < 1.29 is 0 Å². The van der Waals surface area contributed by atoms with Crippen molar-refractivity contribution in [1.29, 1.82) is 0 Å². The zero-order valence-electron chi connectivity index (χ0n) is 8.00. The molecule has 2 nitrogen and oxygen atoms in total. The molecule has 1 heterocycles. The van der Waals surface area contributed by atoms with E-state index in [0.717, 1.165) is 16.5 Å². The molecule has 1 atom stereocenters. The quantitative estimate of drug-likeness (QED) is 0.886. The van der Waals surface area contributed by atoms with Crippen molar-refractivity contribution in [2.24, 2.45) is 11.7 Å². The molecule has 13 heavy (non-hydrogen) atoms. The third kappa shape index (κ3) is 3.44. The Bertz CT molecular complexity index is 273. The summed E-state index contributed by atoms with van der Waals surface area (Å²) in [6, 6.07) is 2.13. The molecular formula is C10H15BrN2. The number of aromatic nitrogens is 1. The average Bonchev–Trinajstić information content (AvgIpc) is 2.03. The highest BCUT2D eigenvalue weighted by Crippen LogP contribution is 2.20. The predicted octanol–water partition coefficient (Wildman–Crippen LogP) is 2.89. The molecule has 0 saturated carbocycles. The van der Waals surface area contributed by atoms with Gasteiger partial charge in [-0.1, -0.05) is 13.8 Å². The van der Waals surface area contributed by atoms with Crippen LogP contribution in [0.4, 0.5) is 0 Å². The van der Waals surface area contributed by atoms with Gasteiger partial charge in [0.25, 0.3) is 0 Å². The second-order valence-electron chi connectivity index (χ2n) is 3.67. The molecule has 1 aromatic rings. The summed E-state index contributed by atoms with van der Waals surface area (Å²) in [6.07, 6.45) is 4.60. The minimum Gasteiger partial charge on any atom is -0.324 e. The third-order valence-electron chi connectivity index (χ3n) is 1.88. The molecule has 72 valence electrons. The molecule has 1 aromatic heterocycles. The van der Waals surface area contributed by atoms with Gasteiger partial charge in [0.2, 0.25) is 0 Å². The van der Waals surface area contributed by atoms with Gasteiger partial charge in [0.05, 0.1) is 0 Å². The van der Waals surface area contributed by atoms with Crippen LogP contribution in [-0.4, -0.2) is 4.98 Å². The second kappa shape index (κ2) is 4.72. The van der Waals surface area contributed by atoms with Gasteiger partial charge in [0, 0.05) is 22.9 Å². The molecule has 0 saturated heterocycles. The van der Waals surface area contributed by atoms with Gasteiger partial charge in [0.1, 0.15) is 0 Å². The summed E-state index contributed by atoms with van der Waals surface area (Å²) in [4.78, 5) is 4.09. The van der Waals surface area contributed by atoms with Crippen molar-refractivity contribution in [3.8, 4) is 0 Å². The normalized spacial score (nSPS) is 13.3. The Morgan fingerprint density at radius 1 is 1.46 bits per heavy atom. The minimum atomic E-state index is 0.102. The number of hydrogen-bond donors (Lipinski definition) is 1. The first-order valence-corrected chi connectivity index (χ1v) is 5.25. The Morgan fingerprint density at radius 2 is 2.15 bits per heavy atom. The van der Waals surface area contributed by atoms with E-state index in [1.807, 2.05) is 12.3 Å². The molecule has 3 heteroatoms. The van der Waals surface area contributed by atoms with Crippen molar-refractivity contribution in [1.82, 2.24) is 4.98 Å². The molecule has 0 bridgehead atoms. The highest BCUT2D eigenvalue weighted by molar-refractivity contribution is 9.10. The summed E-state index contributed by atoms with van der Waals surface area (Å²) in [5, 5.41) is 0. The summed E-state index contributed by atoms with van der Waals surface area (Å²) < 4.78 is 0.990. The fraction of sp³-hybridized carbons (Fsp3) is 0.500. The third-order valence-corrected chi connectivity index (χ3v) is 2.31. The Labute approximate surface area is 87.7 Å². The molecule has 0 aliphatic carbocycles. The molecule has 0 aromatic carbocycles. The maximum absolute atomic E-state index is 6.00. The zero-order valence-corrected chi connectivity index (χ0v) is 9.58. The fourth-order valence-corrected chi connectivity index (χ4v) is 1.66. The SMILES string of the molecule is CC(C)C[C@@H](N)c1cncc(Br)c1. The van der Waals surface area contributed by atoms with Crippen molar-refractivity contribution in [2.45, 2.75) is 26.3 Å². The monoisotopic (exact) mass is 242 g/mol. The number of hydrogen-bond acceptors (Lipinski definition) is 2. The molecular weight excluding hydrogens is 228 g/mol. The molecule has 0 aliphatic rings. The first-order valence-electron chi connectivity index (χ1n) is 4.45. The number of pyridine rings is 1. The fourth-order valence-electron chi connectivity index (χ4n) is 1.28. The lowest BCUT2D eigenvalue weighted by Crippen LogP contribution is -2.13. The standard InChI is InChI=1S/C10H15BrN2/c1-7(2)3-10(12)8-4-9(11)6-13-5-8/h4-7,10H,3,12H2,1-2H3/t10-/m1/s1. The summed E-state index contributed by atoms with van der Waals surface area (Å²) in [5.74, 6) is 0.619. The molecule has 0 aliphatic heterocycles. The van der Waals surface area contributed by atoms with Gasteiger partial charge < -0.3 is 5.73 Å². The van der Waals surface area contributed by atoms with Gasteiger partial charge in [-0.05, 0) is 39.9 Å². The lowest BCUT2D eigenvalue weighted by atomic mass is 9.99. The number of rotatable bonds is 3. The summed E-state index contributed by atoms with van der Waals surface area (Å²) in [6.45, 7) is 4.34. The van der Waals surface area contributed by atoms with Crippen LogP contribution in [0, 0.1) is 5.92 Å². The van der Waals surface area contributed by atoms with E-state index in [0.29, 0.717) is 5.92 Å². The minimum absolute atomic E-state index is 0.102. The van der Waals surface area contributed by atoms with Gasteiger partial charge in [0.15, 0.2) is 0 Å². The van der Waals surface area contributed by atoms with Gasteiger partial charge in [-0.3, -0.25) is 4.98 Å². The lowest BCUT2D eigenvalue weighted by Gasteiger charge is -2.13. The highest BCUT2D eigenvalue weighted by atomic mass is 79.9. The number of halogens is 1. The molecule has 0 radical (unpaired) electrons. The largest absolute Gasteiger partial charge is 0.324 e.